The molecule has 0 fully saturated rings. The average Bonchev–Trinajstić information content (AvgIpc) is 3.04. The standard InChI is InChI=1S/C33H29BrClN5O6/c1-6-45-26-13-19(4)24(15-23(26)18(2)3)32-38-25-10-8-7-9-22(25)33(41)39(32)37-16-20-14-27(44-5)31(30(35)29(20)34)46-28-12-11-21(17-36-28)40(42)43/h7-18H,6H2,1-5H3. The molecule has 0 atom stereocenters. The number of benzene rings is 3. The third-order valence-electron chi connectivity index (χ3n) is 7.10. The van der Waals surface area contributed by atoms with Gasteiger partial charge in [0.2, 0.25) is 5.88 Å². The summed E-state index contributed by atoms with van der Waals surface area (Å²) in [5.41, 5.74) is 3.07. The first-order valence-corrected chi connectivity index (χ1v) is 15.4. The van der Waals surface area contributed by atoms with Gasteiger partial charge in [-0.05, 0) is 77.2 Å². The zero-order chi connectivity index (χ0) is 33.1. The van der Waals surface area contributed by atoms with Crippen LogP contribution < -0.4 is 19.8 Å². The van der Waals surface area contributed by atoms with Crippen LogP contribution in [0.25, 0.3) is 22.3 Å². The van der Waals surface area contributed by atoms with Crippen molar-refractivity contribution in [3.05, 3.63) is 107 Å². The van der Waals surface area contributed by atoms with Crippen LogP contribution in [0.2, 0.25) is 5.02 Å². The molecule has 2 aromatic heterocycles. The number of rotatable bonds is 10. The molecule has 0 saturated carbocycles. The van der Waals surface area contributed by atoms with E-state index in [-0.39, 0.29) is 39.6 Å². The van der Waals surface area contributed by atoms with Crippen LogP contribution in [0.3, 0.4) is 0 Å². The van der Waals surface area contributed by atoms with E-state index in [4.69, 9.17) is 30.8 Å². The van der Waals surface area contributed by atoms with Gasteiger partial charge in [0.25, 0.3) is 11.2 Å². The summed E-state index contributed by atoms with van der Waals surface area (Å²) in [6.45, 7) is 8.56. The summed E-state index contributed by atoms with van der Waals surface area (Å²) in [7, 11) is 1.44. The highest BCUT2D eigenvalue weighted by Gasteiger charge is 2.21. The Morgan fingerprint density at radius 2 is 1.91 bits per heavy atom. The summed E-state index contributed by atoms with van der Waals surface area (Å²) in [5.74, 6) is 1.74. The maximum absolute atomic E-state index is 13.9. The Kier molecular flexibility index (Phi) is 9.68. The van der Waals surface area contributed by atoms with Crippen LogP contribution >= 0.6 is 27.5 Å². The molecule has 0 unspecified atom stereocenters. The second-order valence-electron chi connectivity index (χ2n) is 10.4. The lowest BCUT2D eigenvalue weighted by atomic mass is 9.96. The number of hydrogen-bond donors (Lipinski definition) is 0. The predicted octanol–water partition coefficient (Wildman–Crippen LogP) is 8.30. The van der Waals surface area contributed by atoms with Crippen LogP contribution in [-0.4, -0.2) is 39.5 Å². The molecule has 0 aliphatic heterocycles. The summed E-state index contributed by atoms with van der Waals surface area (Å²) in [5, 5.41) is 16.1. The molecule has 0 saturated heterocycles. The summed E-state index contributed by atoms with van der Waals surface area (Å²) in [6, 6.07) is 15.3. The van der Waals surface area contributed by atoms with Crippen LogP contribution in [-0.2, 0) is 0 Å². The maximum Gasteiger partial charge on any atom is 0.287 e. The molecule has 11 nitrogen and oxygen atoms in total. The van der Waals surface area contributed by atoms with Gasteiger partial charge in [-0.2, -0.15) is 9.78 Å². The molecule has 13 heteroatoms. The van der Waals surface area contributed by atoms with Crippen molar-refractivity contribution in [1.82, 2.24) is 14.6 Å². The van der Waals surface area contributed by atoms with Gasteiger partial charge in [0.15, 0.2) is 17.3 Å². The first-order chi connectivity index (χ1) is 22.0. The number of aromatic nitrogens is 3. The third-order valence-corrected chi connectivity index (χ3v) is 8.54. The second-order valence-corrected chi connectivity index (χ2v) is 11.6. The number of fused-ring (bicyclic) bond motifs is 1. The highest BCUT2D eigenvalue weighted by Crippen LogP contribution is 2.44. The number of halogens is 2. The van der Waals surface area contributed by atoms with E-state index in [1.54, 1.807) is 24.3 Å². The SMILES string of the molecule is CCOc1cc(C)c(-c2nc3ccccc3c(=O)n2N=Cc2cc(OC)c(Oc3ccc([N+](=O)[O-])cn3)c(Cl)c2Br)cc1C(C)C. The summed E-state index contributed by atoms with van der Waals surface area (Å²) in [4.78, 5) is 33.2. The summed E-state index contributed by atoms with van der Waals surface area (Å²) >= 11 is 10.2. The number of nitrogens with zero attached hydrogens (tertiary/aromatic N) is 5. The summed E-state index contributed by atoms with van der Waals surface area (Å²) < 4.78 is 19.0. The highest BCUT2D eigenvalue weighted by atomic mass is 79.9. The molecule has 0 amide bonds. The fourth-order valence-corrected chi connectivity index (χ4v) is 5.42. The second kappa shape index (κ2) is 13.7. The Labute approximate surface area is 277 Å². The van der Waals surface area contributed by atoms with E-state index < -0.39 is 4.92 Å². The average molecular weight is 707 g/mol. The molecule has 0 bridgehead atoms. The Morgan fingerprint density at radius 1 is 1.15 bits per heavy atom. The molecule has 5 rings (SSSR count). The van der Waals surface area contributed by atoms with Crippen LogP contribution in [0.5, 0.6) is 23.1 Å². The molecule has 0 aliphatic carbocycles. The number of pyridine rings is 1. The molecule has 46 heavy (non-hydrogen) atoms. The van der Waals surface area contributed by atoms with E-state index in [0.717, 1.165) is 28.6 Å². The summed E-state index contributed by atoms with van der Waals surface area (Å²) in [6.07, 6.45) is 2.55. The van der Waals surface area contributed by atoms with Gasteiger partial charge < -0.3 is 14.2 Å². The van der Waals surface area contributed by atoms with Crippen molar-refractivity contribution in [2.24, 2.45) is 5.10 Å². The number of methoxy groups -OCH3 is 1. The van der Waals surface area contributed by atoms with E-state index in [9.17, 15) is 14.9 Å². The number of nitro groups is 1. The molecular weight excluding hydrogens is 678 g/mol. The Bertz CT molecular complexity index is 2050. The Morgan fingerprint density at radius 3 is 2.57 bits per heavy atom. The lowest BCUT2D eigenvalue weighted by Gasteiger charge is -2.18. The molecule has 3 aromatic carbocycles. The monoisotopic (exact) mass is 705 g/mol. The van der Waals surface area contributed by atoms with Crippen molar-refractivity contribution >= 4 is 50.3 Å². The van der Waals surface area contributed by atoms with Crippen LogP contribution in [0.15, 0.2) is 75.2 Å². The molecule has 2 heterocycles. The van der Waals surface area contributed by atoms with Gasteiger partial charge in [0, 0.05) is 27.7 Å². The number of aryl methyl sites for hydroxylation is 1. The molecule has 0 aliphatic rings. The molecule has 0 spiro atoms. The van der Waals surface area contributed by atoms with Crippen LogP contribution in [0.1, 0.15) is 43.4 Å². The Balaban J connectivity index is 1.63. The third kappa shape index (κ3) is 6.44. The molecule has 236 valence electrons. The lowest BCUT2D eigenvalue weighted by molar-refractivity contribution is -0.385. The normalized spacial score (nSPS) is 11.4. The van der Waals surface area contributed by atoms with Crippen molar-refractivity contribution < 1.29 is 19.1 Å². The van der Waals surface area contributed by atoms with Gasteiger partial charge in [-0.3, -0.25) is 14.9 Å². The quantitative estimate of drug-likeness (QED) is 0.0805. The van der Waals surface area contributed by atoms with Gasteiger partial charge in [-0.1, -0.05) is 37.6 Å². The first kappa shape index (κ1) is 32.6. The fraction of sp³-hybridized carbons (Fsp3) is 0.212. The lowest BCUT2D eigenvalue weighted by Crippen LogP contribution is -2.21. The van der Waals surface area contributed by atoms with Crippen molar-refractivity contribution in [2.45, 2.75) is 33.6 Å². The molecule has 5 aromatic rings. The highest BCUT2D eigenvalue weighted by molar-refractivity contribution is 9.10. The molecular formula is C33H29BrClN5O6. The Hall–Kier alpha value is -4.81. The molecule has 0 radical (unpaired) electrons. The van der Waals surface area contributed by atoms with Crippen molar-refractivity contribution in [3.63, 3.8) is 0 Å². The number of ether oxygens (including phenoxy) is 3. The molecule has 0 N–H and O–H groups in total. The zero-order valence-corrected chi connectivity index (χ0v) is 27.9. The van der Waals surface area contributed by atoms with E-state index in [2.05, 4.69) is 39.9 Å². The van der Waals surface area contributed by atoms with E-state index in [0.29, 0.717) is 33.4 Å². The van der Waals surface area contributed by atoms with E-state index in [1.165, 1.54) is 30.1 Å². The van der Waals surface area contributed by atoms with E-state index in [1.807, 2.05) is 32.0 Å². The topological polar surface area (TPSA) is 131 Å². The van der Waals surface area contributed by atoms with Gasteiger partial charge in [0.1, 0.15) is 17.0 Å². The van der Waals surface area contributed by atoms with Gasteiger partial charge in [0.05, 0.1) is 35.8 Å². The van der Waals surface area contributed by atoms with Gasteiger partial charge in [-0.25, -0.2) is 9.97 Å². The minimum absolute atomic E-state index is 0.0732. The van der Waals surface area contributed by atoms with Crippen molar-refractivity contribution in [1.29, 1.82) is 0 Å². The zero-order valence-electron chi connectivity index (χ0n) is 25.6. The fourth-order valence-electron chi connectivity index (χ4n) is 4.79. The van der Waals surface area contributed by atoms with Crippen LogP contribution in [0.4, 0.5) is 5.69 Å². The predicted molar refractivity (Wildman–Crippen MR) is 181 cm³/mol. The first-order valence-electron chi connectivity index (χ1n) is 14.2. The van der Waals surface area contributed by atoms with Crippen LogP contribution in [0, 0.1) is 17.0 Å². The minimum Gasteiger partial charge on any atom is -0.494 e. The largest absolute Gasteiger partial charge is 0.494 e. The minimum atomic E-state index is -0.558. The van der Waals surface area contributed by atoms with Gasteiger partial charge in [-0.15, -0.1) is 0 Å². The number of hydrogen-bond acceptors (Lipinski definition) is 9. The van der Waals surface area contributed by atoms with Crippen molar-refractivity contribution in [3.8, 4) is 34.5 Å². The van der Waals surface area contributed by atoms with Crippen molar-refractivity contribution in [2.75, 3.05) is 13.7 Å². The van der Waals surface area contributed by atoms with E-state index >= 15 is 0 Å². The maximum atomic E-state index is 13.9. The smallest absolute Gasteiger partial charge is 0.287 e. The van der Waals surface area contributed by atoms with Gasteiger partial charge >= 0.3 is 0 Å². The number of para-hydroxylation sites is 1.